The maximum absolute atomic E-state index is 13.4. The summed E-state index contributed by atoms with van der Waals surface area (Å²) in [5.74, 6) is -1.42. The zero-order valence-corrected chi connectivity index (χ0v) is 20.7. The van der Waals surface area contributed by atoms with Crippen LogP contribution in [0.2, 0.25) is 0 Å². The van der Waals surface area contributed by atoms with E-state index in [2.05, 4.69) is 10.6 Å². The lowest BCUT2D eigenvalue weighted by Crippen LogP contribution is -2.52. The van der Waals surface area contributed by atoms with Gasteiger partial charge in [-0.05, 0) is 45.7 Å². The summed E-state index contributed by atoms with van der Waals surface area (Å²) in [5.41, 5.74) is 0.745. The SMILES string of the molecule is Cc1cccc(C(C(=O)NCc2ccccc2)N(CC#N)C(=O)C(C)NC(=O)OC(C)(C)C)c1O. The van der Waals surface area contributed by atoms with Gasteiger partial charge in [0.05, 0.1) is 6.07 Å². The Morgan fingerprint density at radius 2 is 1.77 bits per heavy atom. The van der Waals surface area contributed by atoms with Crippen LogP contribution in [-0.4, -0.2) is 46.1 Å². The first-order valence-electron chi connectivity index (χ1n) is 11.2. The zero-order chi connectivity index (χ0) is 26.2. The number of benzene rings is 2. The predicted octanol–water partition coefficient (Wildman–Crippen LogP) is 3.32. The normalized spacial score (nSPS) is 12.6. The zero-order valence-electron chi connectivity index (χ0n) is 20.7. The molecule has 2 rings (SSSR count). The van der Waals surface area contributed by atoms with Gasteiger partial charge in [-0.1, -0.05) is 48.5 Å². The molecule has 0 bridgehead atoms. The van der Waals surface area contributed by atoms with E-state index < -0.39 is 42.1 Å². The number of para-hydroxylation sites is 1. The van der Waals surface area contributed by atoms with Gasteiger partial charge in [0.1, 0.15) is 30.0 Å². The third-order valence-electron chi connectivity index (χ3n) is 5.06. The van der Waals surface area contributed by atoms with E-state index in [4.69, 9.17) is 4.74 Å². The fourth-order valence-corrected chi connectivity index (χ4v) is 3.40. The van der Waals surface area contributed by atoms with Gasteiger partial charge in [0.25, 0.3) is 0 Å². The van der Waals surface area contributed by atoms with Crippen LogP contribution in [-0.2, 0) is 20.9 Å². The molecule has 2 unspecified atom stereocenters. The second-order valence-electron chi connectivity index (χ2n) is 9.11. The fourth-order valence-electron chi connectivity index (χ4n) is 3.40. The Bertz CT molecular complexity index is 1090. The third-order valence-corrected chi connectivity index (χ3v) is 5.06. The van der Waals surface area contributed by atoms with E-state index in [0.29, 0.717) is 5.56 Å². The molecular weight excluding hydrogens is 448 g/mol. The molecule has 0 aliphatic carbocycles. The topological polar surface area (TPSA) is 132 Å². The second-order valence-corrected chi connectivity index (χ2v) is 9.11. The highest BCUT2D eigenvalue weighted by Crippen LogP contribution is 2.32. The standard InChI is InChI=1S/C26H32N4O5/c1-17-10-9-13-20(22(17)31)21(23(32)28-16-19-11-7-6-8-12-19)30(15-14-27)24(33)18(2)29-25(34)35-26(3,4)5/h6-13,18,21,31H,15-16H2,1-5H3,(H,28,32)(H,29,34). The molecule has 0 saturated carbocycles. The van der Waals surface area contributed by atoms with E-state index in [9.17, 15) is 24.8 Å². The van der Waals surface area contributed by atoms with Crippen molar-refractivity contribution in [1.82, 2.24) is 15.5 Å². The number of ether oxygens (including phenoxy) is 1. The number of nitriles is 1. The van der Waals surface area contributed by atoms with Gasteiger partial charge in [-0.3, -0.25) is 9.59 Å². The van der Waals surface area contributed by atoms with E-state index in [0.717, 1.165) is 10.5 Å². The molecule has 0 saturated heterocycles. The van der Waals surface area contributed by atoms with Crippen molar-refractivity contribution < 1.29 is 24.2 Å². The first-order chi connectivity index (χ1) is 16.4. The number of nitrogens with zero attached hydrogens (tertiary/aromatic N) is 2. The smallest absolute Gasteiger partial charge is 0.408 e. The fraction of sp³-hybridized carbons (Fsp3) is 0.385. The Morgan fingerprint density at radius 3 is 2.37 bits per heavy atom. The average molecular weight is 481 g/mol. The Balaban J connectivity index is 2.38. The van der Waals surface area contributed by atoms with Crippen LogP contribution in [0.3, 0.4) is 0 Å². The molecule has 3 amide bonds. The molecule has 0 radical (unpaired) electrons. The number of carbonyl (C=O) groups is 3. The Labute approximate surface area is 205 Å². The molecule has 186 valence electrons. The third kappa shape index (κ3) is 7.74. The van der Waals surface area contributed by atoms with E-state index in [1.807, 2.05) is 36.4 Å². The summed E-state index contributed by atoms with van der Waals surface area (Å²) in [6.45, 7) is 7.91. The summed E-state index contributed by atoms with van der Waals surface area (Å²) in [5, 5.41) is 25.4. The molecule has 0 aliphatic rings. The molecule has 0 heterocycles. The van der Waals surface area contributed by atoms with Gasteiger partial charge in [0, 0.05) is 12.1 Å². The second kappa shape index (κ2) is 11.9. The maximum Gasteiger partial charge on any atom is 0.408 e. The number of aryl methyl sites for hydroxylation is 1. The number of amides is 3. The maximum atomic E-state index is 13.4. The first kappa shape index (κ1) is 27.2. The summed E-state index contributed by atoms with van der Waals surface area (Å²) in [4.78, 5) is 40.0. The van der Waals surface area contributed by atoms with E-state index >= 15 is 0 Å². The summed E-state index contributed by atoms with van der Waals surface area (Å²) in [6.07, 6.45) is -0.807. The molecule has 2 atom stereocenters. The van der Waals surface area contributed by atoms with Crippen LogP contribution < -0.4 is 10.6 Å². The molecule has 2 aromatic rings. The minimum Gasteiger partial charge on any atom is -0.507 e. The molecule has 9 nitrogen and oxygen atoms in total. The molecule has 35 heavy (non-hydrogen) atoms. The monoisotopic (exact) mass is 480 g/mol. The molecule has 0 spiro atoms. The largest absolute Gasteiger partial charge is 0.507 e. The highest BCUT2D eigenvalue weighted by atomic mass is 16.6. The Hall–Kier alpha value is -4.06. The minimum atomic E-state index is -1.31. The Kier molecular flexibility index (Phi) is 9.23. The number of hydrogen-bond donors (Lipinski definition) is 3. The highest BCUT2D eigenvalue weighted by molar-refractivity contribution is 5.92. The van der Waals surface area contributed by atoms with Crippen molar-refractivity contribution in [2.24, 2.45) is 0 Å². The van der Waals surface area contributed by atoms with Crippen molar-refractivity contribution in [2.75, 3.05) is 6.54 Å². The molecule has 0 fully saturated rings. The predicted molar refractivity (Wildman–Crippen MR) is 130 cm³/mol. The highest BCUT2D eigenvalue weighted by Gasteiger charge is 2.36. The molecular formula is C26H32N4O5. The van der Waals surface area contributed by atoms with Crippen molar-refractivity contribution >= 4 is 17.9 Å². The lowest BCUT2D eigenvalue weighted by Gasteiger charge is -2.32. The first-order valence-corrected chi connectivity index (χ1v) is 11.2. The number of nitrogens with one attached hydrogen (secondary N) is 2. The van der Waals surface area contributed by atoms with Crippen LogP contribution in [0.15, 0.2) is 48.5 Å². The van der Waals surface area contributed by atoms with Crippen LogP contribution in [0.5, 0.6) is 5.75 Å². The van der Waals surface area contributed by atoms with Crippen LogP contribution in [0.25, 0.3) is 0 Å². The van der Waals surface area contributed by atoms with Crippen LogP contribution >= 0.6 is 0 Å². The molecule has 3 N–H and O–H groups in total. The average Bonchev–Trinajstić information content (AvgIpc) is 2.78. The van der Waals surface area contributed by atoms with Gasteiger partial charge in [-0.2, -0.15) is 5.26 Å². The number of aromatic hydroxyl groups is 1. The molecule has 9 heteroatoms. The lowest BCUT2D eigenvalue weighted by atomic mass is 9.99. The van der Waals surface area contributed by atoms with Gasteiger partial charge >= 0.3 is 6.09 Å². The van der Waals surface area contributed by atoms with E-state index in [1.165, 1.54) is 13.0 Å². The van der Waals surface area contributed by atoms with Gasteiger partial charge in [0.15, 0.2) is 0 Å². The van der Waals surface area contributed by atoms with Gasteiger partial charge in [-0.25, -0.2) is 4.79 Å². The van der Waals surface area contributed by atoms with Crippen molar-refractivity contribution in [3.63, 3.8) is 0 Å². The summed E-state index contributed by atoms with van der Waals surface area (Å²) in [6, 6.07) is 13.5. The number of rotatable bonds is 8. The number of alkyl carbamates (subject to hydrolysis) is 1. The summed E-state index contributed by atoms with van der Waals surface area (Å²) < 4.78 is 5.21. The van der Waals surface area contributed by atoms with Crippen molar-refractivity contribution in [3.8, 4) is 11.8 Å². The van der Waals surface area contributed by atoms with Crippen LogP contribution in [0, 0.1) is 18.3 Å². The van der Waals surface area contributed by atoms with E-state index in [-0.39, 0.29) is 17.9 Å². The van der Waals surface area contributed by atoms with Gasteiger partial charge in [0.2, 0.25) is 11.8 Å². The van der Waals surface area contributed by atoms with Gasteiger partial charge < -0.3 is 25.4 Å². The van der Waals surface area contributed by atoms with Crippen LogP contribution in [0.1, 0.15) is 50.4 Å². The molecule has 2 aromatic carbocycles. The number of hydrogen-bond acceptors (Lipinski definition) is 6. The number of carbonyl (C=O) groups excluding carboxylic acids is 3. The van der Waals surface area contributed by atoms with Crippen LogP contribution in [0.4, 0.5) is 4.79 Å². The van der Waals surface area contributed by atoms with Crippen molar-refractivity contribution in [3.05, 3.63) is 65.2 Å². The lowest BCUT2D eigenvalue weighted by molar-refractivity contribution is -0.141. The van der Waals surface area contributed by atoms with E-state index in [1.54, 1.807) is 39.8 Å². The van der Waals surface area contributed by atoms with Gasteiger partial charge in [-0.15, -0.1) is 0 Å². The molecule has 0 aliphatic heterocycles. The van der Waals surface area contributed by atoms with Crippen molar-refractivity contribution in [1.29, 1.82) is 5.26 Å². The quantitative estimate of drug-likeness (QED) is 0.497. The Morgan fingerprint density at radius 1 is 1.11 bits per heavy atom. The number of phenolic OH excluding ortho intramolecular Hbond substituents is 1. The summed E-state index contributed by atoms with van der Waals surface area (Å²) >= 11 is 0. The van der Waals surface area contributed by atoms with Crippen molar-refractivity contribution in [2.45, 2.75) is 58.8 Å². The number of phenols is 1. The molecule has 0 aromatic heterocycles. The summed E-state index contributed by atoms with van der Waals surface area (Å²) in [7, 11) is 0. The minimum absolute atomic E-state index is 0.157.